The van der Waals surface area contributed by atoms with Gasteiger partial charge in [0.2, 0.25) is 5.78 Å². The van der Waals surface area contributed by atoms with Gasteiger partial charge in [0.1, 0.15) is 11.4 Å². The molecule has 66 valence electrons. The maximum absolute atomic E-state index is 11.5. The zero-order valence-electron chi connectivity index (χ0n) is 6.75. The summed E-state index contributed by atoms with van der Waals surface area (Å²) >= 11 is 0. The lowest BCUT2D eigenvalue weighted by Gasteiger charge is -2.08. The predicted molar refractivity (Wildman–Crippen MR) is 42.9 cm³/mol. The third-order valence-corrected chi connectivity index (χ3v) is 1.94. The monoisotopic (exact) mass is 186 g/mol. The van der Waals surface area contributed by atoms with E-state index in [2.05, 4.69) is 30.9 Å². The Morgan fingerprint density at radius 1 is 1.07 bits per heavy atom. The Morgan fingerprint density at radius 2 is 1.86 bits per heavy atom. The molecule has 14 heavy (non-hydrogen) atoms. The van der Waals surface area contributed by atoms with Crippen LogP contribution in [0.5, 0.6) is 0 Å². The molecular weight excluding hydrogens is 184 g/mol. The fourth-order valence-corrected chi connectivity index (χ4v) is 1.32. The van der Waals surface area contributed by atoms with Crippen LogP contribution in [0.4, 0.5) is 0 Å². The molecule has 1 aromatic heterocycles. The molecule has 2 heterocycles. The number of ketones is 1. The second-order valence-electron chi connectivity index (χ2n) is 2.73. The van der Waals surface area contributed by atoms with Crippen molar-refractivity contribution >= 4 is 11.4 Å². The zero-order chi connectivity index (χ0) is 9.54. The van der Waals surface area contributed by atoms with Gasteiger partial charge in [0.05, 0.1) is 11.8 Å². The van der Waals surface area contributed by atoms with Crippen LogP contribution in [0.2, 0.25) is 0 Å². The van der Waals surface area contributed by atoms with Crippen LogP contribution in [0.15, 0.2) is 28.2 Å². The number of rotatable bonds is 0. The highest BCUT2D eigenvalue weighted by atomic mass is 16.1. The number of fused-ring (bicyclic) bond motifs is 3. The van der Waals surface area contributed by atoms with E-state index < -0.39 is 0 Å². The second-order valence-corrected chi connectivity index (χ2v) is 2.73. The summed E-state index contributed by atoms with van der Waals surface area (Å²) in [6.45, 7) is 0. The summed E-state index contributed by atoms with van der Waals surface area (Å²) in [4.78, 5) is 11.5. The summed E-state index contributed by atoms with van der Waals surface area (Å²) in [7, 11) is 0. The van der Waals surface area contributed by atoms with Crippen LogP contribution in [0.3, 0.4) is 0 Å². The van der Waals surface area contributed by atoms with Gasteiger partial charge >= 0.3 is 0 Å². The quantitative estimate of drug-likeness (QED) is 0.575. The maximum Gasteiger partial charge on any atom is 0.210 e. The van der Waals surface area contributed by atoms with Crippen LogP contribution >= 0.6 is 0 Å². The Hall–Kier alpha value is -2.31. The Morgan fingerprint density at radius 3 is 2.71 bits per heavy atom. The van der Waals surface area contributed by atoms with Crippen molar-refractivity contribution in [3.05, 3.63) is 29.4 Å². The number of aromatic nitrogens is 4. The van der Waals surface area contributed by atoms with E-state index in [1.54, 1.807) is 0 Å². The highest BCUT2D eigenvalue weighted by Gasteiger charge is 2.28. The molecule has 0 aromatic carbocycles. The van der Waals surface area contributed by atoms with Crippen molar-refractivity contribution in [1.82, 2.24) is 20.6 Å². The number of azo groups is 1. The van der Waals surface area contributed by atoms with Gasteiger partial charge in [-0.2, -0.15) is 10.2 Å². The second kappa shape index (κ2) is 2.34. The molecule has 1 aliphatic carbocycles. The topological polar surface area (TPSA) is 93.3 Å². The van der Waals surface area contributed by atoms with Gasteiger partial charge in [-0.25, -0.2) is 0 Å². The first-order valence-electron chi connectivity index (χ1n) is 3.80. The lowest BCUT2D eigenvalue weighted by Crippen LogP contribution is -2.14. The van der Waals surface area contributed by atoms with Crippen LogP contribution in [0.1, 0.15) is 16.2 Å². The summed E-state index contributed by atoms with van der Waals surface area (Å²) in [6.07, 6.45) is 2.88. The summed E-state index contributed by atoms with van der Waals surface area (Å²) in [5.41, 5.74) is 1.77. The summed E-state index contributed by atoms with van der Waals surface area (Å²) in [5.74, 6) is -0.268. The zero-order valence-corrected chi connectivity index (χ0v) is 6.75. The van der Waals surface area contributed by atoms with Gasteiger partial charge in [0, 0.05) is 6.08 Å². The van der Waals surface area contributed by atoms with Crippen molar-refractivity contribution in [3.8, 4) is 0 Å². The molecule has 0 radical (unpaired) electrons. The van der Waals surface area contributed by atoms with Crippen molar-refractivity contribution in [3.63, 3.8) is 0 Å². The standard InChI is InChI=1S/C7H2N6O/c14-5-1-4-3(2-8-9-4)6-7(5)11-13-12-10-6/h1-2H. The van der Waals surface area contributed by atoms with E-state index in [0.29, 0.717) is 17.0 Å². The fraction of sp³-hybridized carbons (Fsp3) is 0. The first-order chi connectivity index (χ1) is 6.86. The van der Waals surface area contributed by atoms with E-state index >= 15 is 0 Å². The minimum atomic E-state index is -0.268. The molecule has 2 aliphatic rings. The van der Waals surface area contributed by atoms with Crippen molar-refractivity contribution in [1.29, 1.82) is 0 Å². The van der Waals surface area contributed by atoms with Gasteiger partial charge in [-0.1, -0.05) is 0 Å². The molecule has 0 saturated heterocycles. The van der Waals surface area contributed by atoms with Gasteiger partial charge in [0.25, 0.3) is 0 Å². The minimum absolute atomic E-state index is 0.197. The molecule has 0 saturated carbocycles. The molecule has 3 rings (SSSR count). The normalized spacial score (nSPS) is 17.3. The Bertz CT molecular complexity index is 529. The molecule has 7 nitrogen and oxygen atoms in total. The van der Waals surface area contributed by atoms with Crippen LogP contribution in [0, 0.1) is 0 Å². The molecule has 0 unspecified atom stereocenters. The van der Waals surface area contributed by atoms with Gasteiger partial charge in [-0.15, -0.1) is 10.2 Å². The predicted octanol–water partition coefficient (Wildman–Crippen LogP) is 0.153. The smallest absolute Gasteiger partial charge is 0.210 e. The van der Waals surface area contributed by atoms with Gasteiger partial charge in [-0.3, -0.25) is 4.79 Å². The lowest BCUT2D eigenvalue weighted by molar-refractivity contribution is 0.103. The number of hydrogen-bond donors (Lipinski definition) is 0. The van der Waals surface area contributed by atoms with Crippen molar-refractivity contribution in [2.45, 2.75) is 0 Å². The summed E-state index contributed by atoms with van der Waals surface area (Å²) < 4.78 is 0. The van der Waals surface area contributed by atoms with Crippen LogP contribution < -0.4 is 0 Å². The molecule has 0 fully saturated rings. The van der Waals surface area contributed by atoms with E-state index in [1.165, 1.54) is 12.3 Å². The van der Waals surface area contributed by atoms with E-state index in [1.807, 2.05) is 0 Å². The fourth-order valence-electron chi connectivity index (χ4n) is 1.32. The van der Waals surface area contributed by atoms with E-state index in [4.69, 9.17) is 0 Å². The summed E-state index contributed by atoms with van der Waals surface area (Å²) in [6, 6.07) is 0. The van der Waals surface area contributed by atoms with Gasteiger partial charge in [0.15, 0.2) is 5.69 Å². The molecule has 0 spiro atoms. The highest BCUT2D eigenvalue weighted by Crippen LogP contribution is 2.32. The largest absolute Gasteiger partial charge is 0.287 e. The minimum Gasteiger partial charge on any atom is -0.287 e. The first-order valence-corrected chi connectivity index (χ1v) is 3.80. The van der Waals surface area contributed by atoms with E-state index in [0.717, 1.165) is 0 Å². The Balaban J connectivity index is 2.33. The van der Waals surface area contributed by atoms with Gasteiger partial charge < -0.3 is 0 Å². The average molecular weight is 186 g/mol. The molecule has 1 aromatic rings. The van der Waals surface area contributed by atoms with Crippen LogP contribution in [-0.4, -0.2) is 26.4 Å². The average Bonchev–Trinajstić information content (AvgIpc) is 2.66. The Kier molecular flexibility index (Phi) is 1.19. The summed E-state index contributed by atoms with van der Waals surface area (Å²) in [5, 5.41) is 21.5. The van der Waals surface area contributed by atoms with Crippen LogP contribution in [-0.2, 0) is 0 Å². The molecule has 1 aliphatic heterocycles. The van der Waals surface area contributed by atoms with Crippen LogP contribution in [0.25, 0.3) is 5.57 Å². The number of hydrogen-bond acceptors (Lipinski definition) is 7. The van der Waals surface area contributed by atoms with Crippen molar-refractivity contribution < 1.29 is 4.79 Å². The van der Waals surface area contributed by atoms with Crippen molar-refractivity contribution in [2.24, 2.45) is 10.2 Å². The highest BCUT2D eigenvalue weighted by molar-refractivity contribution is 6.11. The van der Waals surface area contributed by atoms with E-state index in [9.17, 15) is 4.79 Å². The number of allylic oxidation sites excluding steroid dienone is 2. The number of carbonyl (C=O) groups excluding carboxylic acids is 1. The Labute approximate surface area is 77.3 Å². The maximum atomic E-state index is 11.5. The molecule has 0 amide bonds. The number of nitrogens with zero attached hydrogens (tertiary/aromatic N) is 6. The third kappa shape index (κ3) is 0.777. The number of carbonyl (C=O) groups is 1. The van der Waals surface area contributed by atoms with Crippen molar-refractivity contribution in [2.75, 3.05) is 0 Å². The molecular formula is C7H2N6O. The molecule has 0 atom stereocenters. The third-order valence-electron chi connectivity index (χ3n) is 1.94. The molecule has 7 heteroatoms. The van der Waals surface area contributed by atoms with Gasteiger partial charge in [-0.05, 0) is 10.4 Å². The SMILES string of the molecule is O=C1C=C2N=NC=C2c2nnnnc21. The lowest BCUT2D eigenvalue weighted by atomic mass is 10.00. The molecule has 0 N–H and O–H groups in total. The first kappa shape index (κ1) is 7.13. The molecule has 0 bridgehead atoms. The van der Waals surface area contributed by atoms with E-state index in [-0.39, 0.29) is 11.5 Å².